The predicted octanol–water partition coefficient (Wildman–Crippen LogP) is 3.11. The Morgan fingerprint density at radius 2 is 1.91 bits per heavy atom. The van der Waals surface area contributed by atoms with Crippen molar-refractivity contribution in [1.29, 1.82) is 0 Å². The Morgan fingerprint density at radius 1 is 1.23 bits per heavy atom. The average Bonchev–Trinajstić information content (AvgIpc) is 2.52. The Hall–Kier alpha value is -1.82. The van der Waals surface area contributed by atoms with Crippen LogP contribution in [0, 0.1) is 17.5 Å². The number of halogens is 3. The molecule has 2 saturated heterocycles. The summed E-state index contributed by atoms with van der Waals surface area (Å²) < 4.78 is 45.6. The second-order valence-electron chi connectivity index (χ2n) is 5.57. The van der Waals surface area contributed by atoms with Crippen molar-refractivity contribution in [2.75, 3.05) is 13.2 Å². The fourth-order valence-corrected chi connectivity index (χ4v) is 3.15. The number of ether oxygens (including phenoxy) is 1. The van der Waals surface area contributed by atoms with E-state index in [1.54, 1.807) is 17.9 Å². The molecule has 0 bridgehead atoms. The topological polar surface area (TPSA) is 29.5 Å². The summed E-state index contributed by atoms with van der Waals surface area (Å²) in [6, 6.07) is 1.15. The van der Waals surface area contributed by atoms with Gasteiger partial charge in [-0.15, -0.1) is 0 Å². The van der Waals surface area contributed by atoms with Gasteiger partial charge in [-0.1, -0.05) is 6.08 Å². The van der Waals surface area contributed by atoms with Crippen LogP contribution in [0.5, 0.6) is 0 Å². The number of carbonyl (C=O) groups is 1. The fourth-order valence-electron chi connectivity index (χ4n) is 3.15. The van der Waals surface area contributed by atoms with E-state index in [0.717, 1.165) is 18.6 Å². The third-order valence-corrected chi connectivity index (χ3v) is 4.31. The molecule has 3 nitrogen and oxygen atoms in total. The van der Waals surface area contributed by atoms with Gasteiger partial charge in [0.25, 0.3) is 0 Å². The van der Waals surface area contributed by atoms with Crippen LogP contribution in [0.1, 0.15) is 31.4 Å². The van der Waals surface area contributed by atoms with Gasteiger partial charge >= 0.3 is 0 Å². The highest BCUT2D eigenvalue weighted by Gasteiger charge is 2.40. The average molecular weight is 311 g/mol. The molecule has 0 radical (unpaired) electrons. The third-order valence-electron chi connectivity index (χ3n) is 4.31. The van der Waals surface area contributed by atoms with E-state index in [0.29, 0.717) is 18.6 Å². The number of piperidine rings is 1. The molecule has 6 heteroatoms. The Labute approximate surface area is 126 Å². The zero-order chi connectivity index (χ0) is 15.9. The largest absolute Gasteiger partial charge is 0.377 e. The summed E-state index contributed by atoms with van der Waals surface area (Å²) in [6.45, 7) is 2.34. The van der Waals surface area contributed by atoms with Crippen molar-refractivity contribution in [3.8, 4) is 0 Å². The van der Waals surface area contributed by atoms with Crippen molar-refractivity contribution in [1.82, 2.24) is 4.90 Å². The zero-order valence-corrected chi connectivity index (χ0v) is 12.1. The summed E-state index contributed by atoms with van der Waals surface area (Å²) in [5, 5.41) is 0. The summed E-state index contributed by atoms with van der Waals surface area (Å²) >= 11 is 0. The van der Waals surface area contributed by atoms with Crippen molar-refractivity contribution in [3.05, 3.63) is 46.8 Å². The van der Waals surface area contributed by atoms with E-state index >= 15 is 0 Å². The maximum absolute atomic E-state index is 13.5. The monoisotopic (exact) mass is 311 g/mol. The van der Waals surface area contributed by atoms with Crippen molar-refractivity contribution >= 4 is 5.91 Å². The molecule has 0 aromatic heterocycles. The second kappa shape index (κ2) is 5.76. The first kappa shape index (κ1) is 15.1. The van der Waals surface area contributed by atoms with Crippen LogP contribution in [0.2, 0.25) is 0 Å². The molecule has 0 unspecified atom stereocenters. The molecule has 0 N–H and O–H groups in total. The molecule has 2 aliphatic heterocycles. The number of fused-ring (bicyclic) bond motifs is 1. The lowest BCUT2D eigenvalue weighted by atomic mass is 9.91. The highest BCUT2D eigenvalue weighted by atomic mass is 19.2. The molecule has 0 saturated carbocycles. The van der Waals surface area contributed by atoms with E-state index in [2.05, 4.69) is 0 Å². The molecule has 1 aromatic rings. The first-order valence-corrected chi connectivity index (χ1v) is 7.23. The van der Waals surface area contributed by atoms with Gasteiger partial charge in [0, 0.05) is 5.57 Å². The van der Waals surface area contributed by atoms with Gasteiger partial charge in [-0.05, 0) is 37.5 Å². The number of amides is 1. The van der Waals surface area contributed by atoms with E-state index in [4.69, 9.17) is 4.74 Å². The molecule has 2 aliphatic rings. The molecular weight excluding hydrogens is 295 g/mol. The quantitative estimate of drug-likeness (QED) is 0.589. The first-order chi connectivity index (χ1) is 10.5. The summed E-state index contributed by atoms with van der Waals surface area (Å²) in [7, 11) is 0. The summed E-state index contributed by atoms with van der Waals surface area (Å²) in [5.41, 5.74) is 0.901. The number of benzene rings is 1. The van der Waals surface area contributed by atoms with Gasteiger partial charge in [0.05, 0.1) is 25.3 Å². The molecule has 0 aliphatic carbocycles. The van der Waals surface area contributed by atoms with E-state index in [1.165, 1.54) is 0 Å². The van der Waals surface area contributed by atoms with E-state index in [1.807, 2.05) is 0 Å². The smallest absolute Gasteiger partial charge is 0.250 e. The molecule has 22 heavy (non-hydrogen) atoms. The van der Waals surface area contributed by atoms with Gasteiger partial charge in [0.1, 0.15) is 0 Å². The van der Waals surface area contributed by atoms with Gasteiger partial charge in [0.15, 0.2) is 17.5 Å². The van der Waals surface area contributed by atoms with Crippen LogP contribution < -0.4 is 0 Å². The zero-order valence-electron chi connectivity index (χ0n) is 12.1. The maximum Gasteiger partial charge on any atom is 0.250 e. The summed E-state index contributed by atoms with van der Waals surface area (Å²) in [6.07, 6.45) is 3.17. The number of carbonyl (C=O) groups excluding carboxylic acids is 1. The minimum atomic E-state index is -1.50. The highest BCUT2D eigenvalue weighted by Crippen LogP contribution is 2.35. The number of rotatable bonds is 1. The van der Waals surface area contributed by atoms with E-state index in [-0.39, 0.29) is 24.1 Å². The SMILES string of the molecule is C/C=C1\CC[C@H]2COC[C@@H](c3cc(F)c(F)c(F)c3)N2C1=O. The molecule has 1 amide bonds. The van der Waals surface area contributed by atoms with Gasteiger partial charge in [-0.25, -0.2) is 13.2 Å². The lowest BCUT2D eigenvalue weighted by molar-refractivity contribution is -0.145. The van der Waals surface area contributed by atoms with E-state index in [9.17, 15) is 18.0 Å². The van der Waals surface area contributed by atoms with Crippen LogP contribution in [-0.2, 0) is 9.53 Å². The standard InChI is InChI=1S/C16H16F3NO2/c1-2-9-3-4-11-7-22-8-14(20(11)16(9)21)10-5-12(17)15(19)13(18)6-10/h2,5-6,11,14H,3-4,7-8H2,1H3/b9-2+/t11-,14-/m0/s1. The summed E-state index contributed by atoms with van der Waals surface area (Å²) in [5.74, 6) is -4.16. The molecule has 2 fully saturated rings. The Bertz CT molecular complexity index is 621. The third kappa shape index (κ3) is 2.41. The molecule has 2 heterocycles. The Balaban J connectivity index is 2.00. The van der Waals surface area contributed by atoms with Crippen molar-refractivity contribution in [3.63, 3.8) is 0 Å². The molecule has 0 spiro atoms. The van der Waals surface area contributed by atoms with Gasteiger partial charge in [-0.3, -0.25) is 4.79 Å². The lowest BCUT2D eigenvalue weighted by Gasteiger charge is -2.45. The van der Waals surface area contributed by atoms with Gasteiger partial charge < -0.3 is 9.64 Å². The van der Waals surface area contributed by atoms with Crippen LogP contribution in [0.4, 0.5) is 13.2 Å². The minimum Gasteiger partial charge on any atom is -0.377 e. The highest BCUT2D eigenvalue weighted by molar-refractivity contribution is 5.94. The minimum absolute atomic E-state index is 0.119. The Morgan fingerprint density at radius 3 is 2.55 bits per heavy atom. The van der Waals surface area contributed by atoms with Crippen LogP contribution >= 0.6 is 0 Å². The first-order valence-electron chi connectivity index (χ1n) is 7.23. The Kier molecular flexibility index (Phi) is 3.95. The van der Waals surface area contributed by atoms with Gasteiger partial charge in [-0.2, -0.15) is 0 Å². The van der Waals surface area contributed by atoms with Crippen molar-refractivity contribution < 1.29 is 22.7 Å². The van der Waals surface area contributed by atoms with Crippen LogP contribution in [0.25, 0.3) is 0 Å². The van der Waals surface area contributed by atoms with Crippen LogP contribution in [0.15, 0.2) is 23.8 Å². The molecule has 3 rings (SSSR count). The molecule has 2 atom stereocenters. The molecule has 118 valence electrons. The number of allylic oxidation sites excluding steroid dienone is 1. The van der Waals surface area contributed by atoms with Gasteiger partial charge in [0.2, 0.25) is 5.91 Å². The molecule has 1 aromatic carbocycles. The van der Waals surface area contributed by atoms with Crippen molar-refractivity contribution in [2.45, 2.75) is 31.8 Å². The number of hydrogen-bond donors (Lipinski definition) is 0. The van der Waals surface area contributed by atoms with Crippen LogP contribution in [0.3, 0.4) is 0 Å². The fraction of sp³-hybridized carbons (Fsp3) is 0.438. The number of morpholine rings is 1. The maximum atomic E-state index is 13.5. The summed E-state index contributed by atoms with van der Waals surface area (Å²) in [4.78, 5) is 14.2. The normalized spacial score (nSPS) is 27.2. The molecular formula is C16H16F3NO2. The number of nitrogens with zero attached hydrogens (tertiary/aromatic N) is 1. The lowest BCUT2D eigenvalue weighted by Crippen LogP contribution is -2.53. The predicted molar refractivity (Wildman–Crippen MR) is 73.5 cm³/mol. The second-order valence-corrected chi connectivity index (χ2v) is 5.57. The van der Waals surface area contributed by atoms with Crippen molar-refractivity contribution in [2.24, 2.45) is 0 Å². The van der Waals surface area contributed by atoms with Crippen LogP contribution in [-0.4, -0.2) is 30.1 Å². The number of hydrogen-bond acceptors (Lipinski definition) is 2. The van der Waals surface area contributed by atoms with E-state index < -0.39 is 23.5 Å².